The van der Waals surface area contributed by atoms with Crippen molar-refractivity contribution in [3.63, 3.8) is 0 Å². The van der Waals surface area contributed by atoms with Crippen LogP contribution in [0.15, 0.2) is 18.2 Å². The number of ether oxygens (including phenoxy) is 2. The summed E-state index contributed by atoms with van der Waals surface area (Å²) in [5.74, 6) is 0.331. The molecule has 3 nitrogen and oxygen atoms in total. The predicted octanol–water partition coefficient (Wildman–Crippen LogP) is 2.67. The van der Waals surface area contributed by atoms with E-state index in [0.717, 1.165) is 0 Å². The van der Waals surface area contributed by atoms with Crippen molar-refractivity contribution in [2.45, 2.75) is 26.0 Å². The molecule has 2 unspecified atom stereocenters. The number of benzene rings is 1. The monoisotopic (exact) mass is 227 g/mol. The Hall–Kier alpha value is -1.29. The van der Waals surface area contributed by atoms with E-state index >= 15 is 0 Å². The van der Waals surface area contributed by atoms with Gasteiger partial charge in [0.25, 0.3) is 0 Å². The summed E-state index contributed by atoms with van der Waals surface area (Å²) in [6.45, 7) is 3.92. The van der Waals surface area contributed by atoms with Crippen LogP contribution in [-0.4, -0.2) is 26.4 Å². The molecule has 16 heavy (non-hydrogen) atoms. The van der Waals surface area contributed by atoms with Crippen molar-refractivity contribution in [3.8, 4) is 5.75 Å². The van der Waals surface area contributed by atoms with Gasteiger partial charge in [0, 0.05) is 19.2 Å². The summed E-state index contributed by atoms with van der Waals surface area (Å²) in [4.78, 5) is 0. The van der Waals surface area contributed by atoms with Gasteiger partial charge in [-0.15, -0.1) is 0 Å². The number of rotatable bonds is 5. The molecule has 4 heteroatoms. The molecule has 0 spiro atoms. The lowest BCUT2D eigenvalue weighted by Gasteiger charge is -2.22. The van der Waals surface area contributed by atoms with Gasteiger partial charge >= 0.3 is 0 Å². The molecule has 1 aromatic rings. The second-order valence-corrected chi connectivity index (χ2v) is 3.72. The maximum absolute atomic E-state index is 13.1. The lowest BCUT2D eigenvalue weighted by molar-refractivity contribution is 0.106. The Bertz CT molecular complexity index is 344. The van der Waals surface area contributed by atoms with Gasteiger partial charge in [-0.3, -0.25) is 0 Å². The number of anilines is 1. The topological polar surface area (TPSA) is 30.5 Å². The fourth-order valence-electron chi connectivity index (χ4n) is 1.36. The van der Waals surface area contributed by atoms with Gasteiger partial charge in [-0.1, -0.05) is 0 Å². The zero-order chi connectivity index (χ0) is 12.1. The maximum atomic E-state index is 13.1. The van der Waals surface area contributed by atoms with Crippen molar-refractivity contribution in [1.82, 2.24) is 0 Å². The first-order valence-electron chi connectivity index (χ1n) is 5.21. The van der Waals surface area contributed by atoms with E-state index in [9.17, 15) is 4.39 Å². The van der Waals surface area contributed by atoms with Crippen LogP contribution in [-0.2, 0) is 4.74 Å². The molecule has 90 valence electrons. The molecule has 0 aliphatic carbocycles. The van der Waals surface area contributed by atoms with Gasteiger partial charge in [-0.05, 0) is 26.0 Å². The van der Waals surface area contributed by atoms with Gasteiger partial charge in [-0.2, -0.15) is 0 Å². The van der Waals surface area contributed by atoms with E-state index in [-0.39, 0.29) is 18.0 Å². The zero-order valence-corrected chi connectivity index (χ0v) is 10.1. The Morgan fingerprint density at radius 3 is 2.50 bits per heavy atom. The number of methoxy groups -OCH3 is 2. The molecule has 0 aliphatic rings. The fourth-order valence-corrected chi connectivity index (χ4v) is 1.36. The van der Waals surface area contributed by atoms with Crippen LogP contribution < -0.4 is 10.1 Å². The number of hydrogen-bond donors (Lipinski definition) is 1. The molecule has 0 aliphatic heterocycles. The quantitative estimate of drug-likeness (QED) is 0.838. The molecule has 0 radical (unpaired) electrons. The molecular weight excluding hydrogens is 209 g/mol. The average Bonchev–Trinajstić information content (AvgIpc) is 2.28. The van der Waals surface area contributed by atoms with Crippen LogP contribution >= 0.6 is 0 Å². The Kier molecular flexibility index (Phi) is 4.55. The third-order valence-electron chi connectivity index (χ3n) is 2.62. The number of halogens is 1. The second-order valence-electron chi connectivity index (χ2n) is 3.72. The van der Waals surface area contributed by atoms with Gasteiger partial charge < -0.3 is 14.8 Å². The molecule has 0 bridgehead atoms. The van der Waals surface area contributed by atoms with Crippen molar-refractivity contribution in [2.75, 3.05) is 19.5 Å². The number of nitrogens with one attached hydrogen (secondary N) is 1. The molecule has 1 rings (SSSR count). The van der Waals surface area contributed by atoms with Gasteiger partial charge in [0.15, 0.2) is 0 Å². The van der Waals surface area contributed by atoms with Crippen LogP contribution in [0.25, 0.3) is 0 Å². The highest BCUT2D eigenvalue weighted by Gasteiger charge is 2.13. The van der Waals surface area contributed by atoms with Gasteiger partial charge in [0.2, 0.25) is 0 Å². The Labute approximate surface area is 95.6 Å². The Morgan fingerprint density at radius 1 is 1.25 bits per heavy atom. The van der Waals surface area contributed by atoms with Gasteiger partial charge in [0.1, 0.15) is 11.6 Å². The molecule has 0 fully saturated rings. The first-order valence-corrected chi connectivity index (χ1v) is 5.21. The highest BCUT2D eigenvalue weighted by molar-refractivity contribution is 5.57. The van der Waals surface area contributed by atoms with E-state index in [2.05, 4.69) is 5.32 Å². The van der Waals surface area contributed by atoms with Crippen molar-refractivity contribution < 1.29 is 13.9 Å². The molecule has 1 N–H and O–H groups in total. The van der Waals surface area contributed by atoms with Crippen LogP contribution in [0.1, 0.15) is 13.8 Å². The standard InChI is InChI=1S/C12H18FNO2/c1-8(9(2)15-3)14-11-7-10(13)5-6-12(11)16-4/h5-9,14H,1-4H3. The summed E-state index contributed by atoms with van der Waals surface area (Å²) >= 11 is 0. The van der Waals surface area contributed by atoms with Crippen molar-refractivity contribution in [1.29, 1.82) is 0 Å². The zero-order valence-electron chi connectivity index (χ0n) is 10.1. The van der Waals surface area contributed by atoms with Crippen LogP contribution in [0.2, 0.25) is 0 Å². The summed E-state index contributed by atoms with van der Waals surface area (Å²) in [7, 11) is 3.20. The predicted molar refractivity (Wildman–Crippen MR) is 62.5 cm³/mol. The van der Waals surface area contributed by atoms with Gasteiger partial charge in [0.05, 0.1) is 18.9 Å². The lowest BCUT2D eigenvalue weighted by atomic mass is 10.2. The SMILES string of the molecule is COc1ccc(F)cc1NC(C)C(C)OC. The summed E-state index contributed by atoms with van der Waals surface area (Å²) in [6, 6.07) is 4.45. The van der Waals surface area contributed by atoms with Crippen LogP contribution in [0.5, 0.6) is 5.75 Å². The van der Waals surface area contributed by atoms with E-state index in [1.165, 1.54) is 12.1 Å². The maximum Gasteiger partial charge on any atom is 0.142 e. The van der Waals surface area contributed by atoms with Crippen molar-refractivity contribution in [2.24, 2.45) is 0 Å². The smallest absolute Gasteiger partial charge is 0.142 e. The van der Waals surface area contributed by atoms with E-state index in [1.807, 2.05) is 13.8 Å². The van der Waals surface area contributed by atoms with Crippen LogP contribution in [0.3, 0.4) is 0 Å². The van der Waals surface area contributed by atoms with E-state index in [4.69, 9.17) is 9.47 Å². The summed E-state index contributed by atoms with van der Waals surface area (Å²) < 4.78 is 23.4. The molecule has 1 aromatic carbocycles. The largest absolute Gasteiger partial charge is 0.495 e. The molecule has 0 amide bonds. The Morgan fingerprint density at radius 2 is 1.94 bits per heavy atom. The summed E-state index contributed by atoms with van der Waals surface area (Å²) in [6.07, 6.45) is 0.0352. The molecule has 0 aromatic heterocycles. The lowest BCUT2D eigenvalue weighted by Crippen LogP contribution is -2.29. The van der Waals surface area contributed by atoms with E-state index in [0.29, 0.717) is 11.4 Å². The van der Waals surface area contributed by atoms with E-state index < -0.39 is 0 Å². The highest BCUT2D eigenvalue weighted by Crippen LogP contribution is 2.26. The normalized spacial score (nSPS) is 14.3. The Balaban J connectivity index is 2.82. The first kappa shape index (κ1) is 12.8. The third kappa shape index (κ3) is 3.10. The third-order valence-corrected chi connectivity index (χ3v) is 2.62. The van der Waals surface area contributed by atoms with Crippen LogP contribution in [0.4, 0.5) is 10.1 Å². The minimum Gasteiger partial charge on any atom is -0.495 e. The second kappa shape index (κ2) is 5.70. The van der Waals surface area contributed by atoms with Gasteiger partial charge in [-0.25, -0.2) is 4.39 Å². The molecule has 0 heterocycles. The molecule has 0 saturated heterocycles. The first-order chi connectivity index (χ1) is 7.58. The van der Waals surface area contributed by atoms with Crippen LogP contribution in [0, 0.1) is 5.82 Å². The average molecular weight is 227 g/mol. The van der Waals surface area contributed by atoms with E-state index in [1.54, 1.807) is 20.3 Å². The van der Waals surface area contributed by atoms with Crippen molar-refractivity contribution >= 4 is 5.69 Å². The fraction of sp³-hybridized carbons (Fsp3) is 0.500. The molecular formula is C12H18FNO2. The molecule has 2 atom stereocenters. The highest BCUT2D eigenvalue weighted by atomic mass is 19.1. The summed E-state index contributed by atoms with van der Waals surface area (Å²) in [5.41, 5.74) is 0.638. The minimum absolute atomic E-state index is 0.0352. The number of hydrogen-bond acceptors (Lipinski definition) is 3. The molecule has 0 saturated carbocycles. The minimum atomic E-state index is -0.291. The van der Waals surface area contributed by atoms with Crippen molar-refractivity contribution in [3.05, 3.63) is 24.0 Å². The summed E-state index contributed by atoms with van der Waals surface area (Å²) in [5, 5.41) is 3.16.